The first-order chi connectivity index (χ1) is 19.6. The fraction of sp³-hybridized carbons (Fsp3) is 0.250. The smallest absolute Gasteiger partial charge is 0.301 e. The molecule has 4 aromatic rings. The van der Waals surface area contributed by atoms with Gasteiger partial charge in [-0.05, 0) is 36.4 Å². The van der Waals surface area contributed by atoms with Gasteiger partial charge in [-0.25, -0.2) is 4.98 Å². The van der Waals surface area contributed by atoms with Crippen molar-refractivity contribution >= 4 is 23.2 Å². The minimum Gasteiger partial charge on any atom is -0.491 e. The van der Waals surface area contributed by atoms with Crippen LogP contribution in [0.5, 0.6) is 17.4 Å². The van der Waals surface area contributed by atoms with Crippen molar-refractivity contribution < 1.29 is 34.1 Å². The van der Waals surface area contributed by atoms with Crippen molar-refractivity contribution in [1.82, 2.24) is 19.3 Å². The summed E-state index contributed by atoms with van der Waals surface area (Å²) in [5, 5.41) is 24.2. The molecule has 1 saturated heterocycles. The Morgan fingerprint density at radius 1 is 1.12 bits per heavy atom. The van der Waals surface area contributed by atoms with Crippen molar-refractivity contribution in [3.05, 3.63) is 97.0 Å². The van der Waals surface area contributed by atoms with Gasteiger partial charge in [0.25, 0.3) is 11.0 Å². The molecule has 0 bridgehead atoms. The Kier molecular flexibility index (Phi) is 7.94. The average molecular weight is 607 g/mol. The summed E-state index contributed by atoms with van der Waals surface area (Å²) in [6.45, 7) is 0.612. The topological polar surface area (TPSA) is 168 Å². The maximum absolute atomic E-state index is 11.0. The van der Waals surface area contributed by atoms with Crippen LogP contribution in [-0.4, -0.2) is 48.8 Å². The normalized spacial score (nSPS) is 18.3. The highest BCUT2D eigenvalue weighted by Gasteiger charge is 2.45. The molecule has 2 unspecified atom stereocenters. The fourth-order valence-corrected chi connectivity index (χ4v) is 4.91. The van der Waals surface area contributed by atoms with Crippen LogP contribution in [0, 0.1) is 20.2 Å². The van der Waals surface area contributed by atoms with Gasteiger partial charge in [-0.3, -0.25) is 14.4 Å². The number of halogens is 2. The molecule has 2 aromatic carbocycles. The molecule has 17 heteroatoms. The lowest BCUT2D eigenvalue weighted by atomic mass is 10.1. The molecule has 0 spiro atoms. The second-order valence-corrected chi connectivity index (χ2v) is 9.58. The van der Waals surface area contributed by atoms with Crippen LogP contribution in [-0.2, 0) is 28.9 Å². The monoisotopic (exact) mass is 606 g/mol. The van der Waals surface area contributed by atoms with Crippen molar-refractivity contribution in [3.63, 3.8) is 0 Å². The van der Waals surface area contributed by atoms with Gasteiger partial charge < -0.3 is 18.8 Å². The Labute approximate surface area is 240 Å². The van der Waals surface area contributed by atoms with E-state index in [9.17, 15) is 20.2 Å². The van der Waals surface area contributed by atoms with Crippen molar-refractivity contribution in [2.45, 2.75) is 18.4 Å². The highest BCUT2D eigenvalue weighted by molar-refractivity contribution is 6.35. The molecular formula is C24H20Cl2N6O9. The van der Waals surface area contributed by atoms with E-state index in [-0.39, 0.29) is 25.5 Å². The number of rotatable bonds is 11. The van der Waals surface area contributed by atoms with Gasteiger partial charge in [-0.1, -0.05) is 29.3 Å². The van der Waals surface area contributed by atoms with Gasteiger partial charge in [-0.15, -0.1) is 25.3 Å². The van der Waals surface area contributed by atoms with E-state index in [0.29, 0.717) is 26.9 Å². The van der Waals surface area contributed by atoms with Gasteiger partial charge in [0.2, 0.25) is 11.5 Å². The number of nitrogens with zero attached hydrogens (tertiary/aromatic N) is 6. The molecule has 0 aliphatic carbocycles. The number of aromatic nitrogens is 4. The second-order valence-electron chi connectivity index (χ2n) is 8.73. The van der Waals surface area contributed by atoms with Gasteiger partial charge in [0.05, 0.1) is 24.5 Å². The van der Waals surface area contributed by atoms with Crippen LogP contribution in [0.2, 0.25) is 10.0 Å². The number of benzene rings is 2. The summed E-state index contributed by atoms with van der Waals surface area (Å²) in [5.74, 6) is -1.94. The number of ether oxygens (including phenoxy) is 3. The molecule has 1 fully saturated rings. The Morgan fingerprint density at radius 2 is 1.88 bits per heavy atom. The molecule has 2 aromatic heterocycles. The van der Waals surface area contributed by atoms with Gasteiger partial charge in [0.15, 0.2) is 0 Å². The minimum absolute atomic E-state index is 0.0850. The van der Waals surface area contributed by atoms with Crippen LogP contribution in [0.25, 0.3) is 11.3 Å². The molecular weight excluding hydrogens is 587 g/mol. The molecule has 0 saturated carbocycles. The zero-order valence-corrected chi connectivity index (χ0v) is 22.6. The van der Waals surface area contributed by atoms with Gasteiger partial charge >= 0.3 is 5.09 Å². The van der Waals surface area contributed by atoms with Crippen molar-refractivity contribution in [1.29, 1.82) is 0 Å². The van der Waals surface area contributed by atoms with Crippen molar-refractivity contribution in [2.75, 3.05) is 13.2 Å². The fourth-order valence-electron chi connectivity index (χ4n) is 4.36. The van der Waals surface area contributed by atoms with Gasteiger partial charge in [0, 0.05) is 35.6 Å². The van der Waals surface area contributed by atoms with E-state index >= 15 is 0 Å². The van der Waals surface area contributed by atoms with Gasteiger partial charge in [0.1, 0.15) is 24.2 Å². The summed E-state index contributed by atoms with van der Waals surface area (Å²) in [6, 6.07) is 11.4. The van der Waals surface area contributed by atoms with E-state index in [1.165, 1.54) is 11.7 Å². The predicted molar refractivity (Wildman–Crippen MR) is 141 cm³/mol. The molecule has 15 nitrogen and oxygen atoms in total. The first-order valence-corrected chi connectivity index (χ1v) is 12.6. The standard InChI is InChI=1S/C24H20Cl2N6O9/c1-29-21(22(40-31(33)34)23(28-29)41-32(35)36)15-2-5-17(6-3-15)37-11-18-12-38-24(39-18,13-30-9-8-27-14-30)19-7-4-16(25)10-20(19)26/h2-10,14,18H,11-13H2,1H3. The summed E-state index contributed by atoms with van der Waals surface area (Å²) in [6.07, 6.45) is 4.59. The summed E-state index contributed by atoms with van der Waals surface area (Å²) in [5.41, 5.74) is 1.09. The Hall–Kier alpha value is -4.44. The third-order valence-electron chi connectivity index (χ3n) is 6.02. The zero-order chi connectivity index (χ0) is 29.1. The largest absolute Gasteiger partial charge is 0.491 e. The Morgan fingerprint density at radius 3 is 2.54 bits per heavy atom. The molecule has 2 atom stereocenters. The van der Waals surface area contributed by atoms with E-state index in [0.717, 1.165) is 0 Å². The Bertz CT molecular complexity index is 1560. The summed E-state index contributed by atoms with van der Waals surface area (Å²) >= 11 is 12.6. The summed E-state index contributed by atoms with van der Waals surface area (Å²) in [7, 11) is 1.43. The average Bonchev–Trinajstić information content (AvgIpc) is 3.63. The minimum atomic E-state index is -1.21. The highest BCUT2D eigenvalue weighted by atomic mass is 35.5. The molecule has 0 N–H and O–H groups in total. The van der Waals surface area contributed by atoms with E-state index in [2.05, 4.69) is 19.8 Å². The summed E-state index contributed by atoms with van der Waals surface area (Å²) < 4.78 is 21.4. The highest BCUT2D eigenvalue weighted by Crippen LogP contribution is 2.41. The van der Waals surface area contributed by atoms with Crippen LogP contribution in [0.15, 0.2) is 61.2 Å². The van der Waals surface area contributed by atoms with Gasteiger partial charge in [-0.2, -0.15) is 0 Å². The molecule has 1 aliphatic rings. The predicted octanol–water partition coefficient (Wildman–Crippen LogP) is 4.08. The van der Waals surface area contributed by atoms with Crippen LogP contribution in [0.3, 0.4) is 0 Å². The maximum atomic E-state index is 11.0. The lowest BCUT2D eigenvalue weighted by molar-refractivity contribution is -0.722. The summed E-state index contributed by atoms with van der Waals surface area (Å²) in [4.78, 5) is 34.7. The number of aryl methyl sites for hydroxylation is 1. The lowest BCUT2D eigenvalue weighted by Crippen LogP contribution is -2.34. The van der Waals surface area contributed by atoms with Crippen LogP contribution in [0.4, 0.5) is 0 Å². The second kappa shape index (κ2) is 11.6. The number of imidazole rings is 1. The first kappa shape index (κ1) is 28.1. The lowest BCUT2D eigenvalue weighted by Gasteiger charge is -2.30. The Balaban J connectivity index is 1.31. The zero-order valence-electron chi connectivity index (χ0n) is 21.1. The van der Waals surface area contributed by atoms with E-state index in [1.807, 2.05) is 4.57 Å². The molecule has 214 valence electrons. The van der Waals surface area contributed by atoms with Crippen LogP contribution < -0.4 is 14.4 Å². The van der Waals surface area contributed by atoms with E-state index in [4.69, 9.17) is 37.4 Å². The number of hydrogen-bond acceptors (Lipinski definition) is 11. The SMILES string of the molecule is Cn1nc(O[N+](=O)[O-])c(O[N+](=O)[O-])c1-c1ccc(OCC2COC(Cn3ccnc3)(c3ccc(Cl)cc3Cl)O2)cc1. The van der Waals surface area contributed by atoms with Crippen molar-refractivity contribution in [2.24, 2.45) is 7.05 Å². The molecule has 1 aliphatic heterocycles. The quantitative estimate of drug-likeness (QED) is 0.178. The van der Waals surface area contributed by atoms with Crippen molar-refractivity contribution in [3.8, 4) is 28.6 Å². The number of hydrogen-bond donors (Lipinski definition) is 0. The van der Waals surface area contributed by atoms with E-state index in [1.54, 1.807) is 61.2 Å². The molecule has 0 radical (unpaired) electrons. The third kappa shape index (κ3) is 6.17. The van der Waals surface area contributed by atoms with E-state index < -0.39 is 33.7 Å². The molecule has 41 heavy (non-hydrogen) atoms. The molecule has 0 amide bonds. The third-order valence-corrected chi connectivity index (χ3v) is 6.56. The maximum Gasteiger partial charge on any atom is 0.301 e. The first-order valence-electron chi connectivity index (χ1n) is 11.8. The molecule has 5 rings (SSSR count). The molecule has 3 heterocycles. The van der Waals surface area contributed by atoms with Crippen LogP contribution in [0.1, 0.15) is 5.56 Å². The van der Waals surface area contributed by atoms with Crippen LogP contribution >= 0.6 is 23.2 Å².